The Morgan fingerprint density at radius 1 is 0.517 bits per heavy atom. The minimum atomic E-state index is -6.02. The van der Waals surface area contributed by atoms with E-state index in [9.17, 15) is 54.3 Å². The van der Waals surface area contributed by atoms with Crippen molar-refractivity contribution in [2.24, 2.45) is 0 Å². The zero-order chi connectivity index (χ0) is 44.1. The van der Waals surface area contributed by atoms with Crippen molar-refractivity contribution in [2.75, 3.05) is 20.0 Å². The van der Waals surface area contributed by atoms with E-state index in [2.05, 4.69) is 17.9 Å². The number of hydrogen-bond acceptors (Lipinski definition) is 10. The molecule has 0 aliphatic heterocycles. The lowest BCUT2D eigenvalue weighted by atomic mass is 9.73. The number of hydrogen-bond donors (Lipinski definition) is 0. The largest absolute Gasteiger partial charge is 0.493 e. The molecule has 0 heterocycles. The Bertz CT molecular complexity index is 2150. The second kappa shape index (κ2) is 20.3. The van der Waals surface area contributed by atoms with Crippen LogP contribution in [0.15, 0.2) is 110 Å². The van der Waals surface area contributed by atoms with Crippen LogP contribution in [0.25, 0.3) is 0 Å². The van der Waals surface area contributed by atoms with Gasteiger partial charge in [0.25, 0.3) is 0 Å². The van der Waals surface area contributed by atoms with Gasteiger partial charge in [-0.05, 0) is 85.3 Å². The van der Waals surface area contributed by atoms with Crippen molar-refractivity contribution in [3.63, 3.8) is 0 Å². The highest BCUT2D eigenvalue weighted by molar-refractivity contribution is 5.92. The van der Waals surface area contributed by atoms with Crippen LogP contribution in [0, 0.1) is 11.6 Å². The summed E-state index contributed by atoms with van der Waals surface area (Å²) in [5.74, 6) is -7.39. The van der Waals surface area contributed by atoms with Gasteiger partial charge >= 0.3 is 36.2 Å². The first-order valence-electron chi connectivity index (χ1n) is 17.6. The molecule has 0 atom stereocenters. The lowest BCUT2D eigenvalue weighted by molar-refractivity contribution is -0.288. The van der Waals surface area contributed by atoms with Crippen molar-refractivity contribution in [3.8, 4) is 23.0 Å². The van der Waals surface area contributed by atoms with Crippen LogP contribution in [0.1, 0.15) is 57.5 Å². The van der Waals surface area contributed by atoms with Gasteiger partial charge < -0.3 is 28.4 Å². The molecule has 4 aromatic rings. The molecule has 0 aliphatic carbocycles. The number of benzene rings is 4. The molecule has 18 heteroatoms. The summed E-state index contributed by atoms with van der Waals surface area (Å²) >= 11 is 0. The van der Waals surface area contributed by atoms with Crippen LogP contribution >= 0.6 is 0 Å². The minimum Gasteiger partial charge on any atom is -0.493 e. The van der Waals surface area contributed by atoms with Gasteiger partial charge in [-0.15, -0.1) is 0 Å². The summed E-state index contributed by atoms with van der Waals surface area (Å²) in [5.41, 5.74) is -8.61. The van der Waals surface area contributed by atoms with E-state index in [1.54, 1.807) is 0 Å². The van der Waals surface area contributed by atoms with E-state index < -0.39 is 93.8 Å². The Kier molecular flexibility index (Phi) is 15.6. The quantitative estimate of drug-likeness (QED) is 0.0225. The van der Waals surface area contributed by atoms with Crippen molar-refractivity contribution >= 4 is 23.9 Å². The predicted molar refractivity (Wildman–Crippen MR) is 195 cm³/mol. The highest BCUT2D eigenvalue weighted by atomic mass is 19.4. The van der Waals surface area contributed by atoms with E-state index in [-0.39, 0.29) is 24.7 Å². The number of rotatable bonds is 19. The Morgan fingerprint density at radius 3 is 1.33 bits per heavy atom. The third kappa shape index (κ3) is 11.5. The normalized spacial score (nSPS) is 11.5. The maximum absolute atomic E-state index is 14.8. The molecular weight excluding hydrogens is 816 g/mol. The van der Waals surface area contributed by atoms with Crippen molar-refractivity contribution in [1.29, 1.82) is 0 Å². The van der Waals surface area contributed by atoms with Crippen LogP contribution in [0.4, 0.5) is 35.1 Å². The molecule has 10 nitrogen and oxygen atoms in total. The van der Waals surface area contributed by atoms with Crippen molar-refractivity contribution in [1.82, 2.24) is 0 Å². The molecule has 4 rings (SSSR count). The predicted octanol–water partition coefficient (Wildman–Crippen LogP) is 9.55. The van der Waals surface area contributed by atoms with Crippen molar-refractivity contribution < 1.29 is 82.7 Å². The standard InChI is InChI=1S/C42H34F8O10/c1-3-36(51)56-22-8-6-5-7-21-55-30-17-19-32(34(43)23-30)38(53)59-28-13-9-26(10-14-28)40(41(45,46)47,42(48,49)50)27-11-15-29(16-12-27)60-39(54)33-20-18-31(24-35(33)44)57-25-58-37(52)4-2/h3-4,9-20,23-24H,1-2,5-8,21-22,25H2. The number of unbranched alkanes of at least 4 members (excludes halogenated alkanes) is 3. The fourth-order valence-electron chi connectivity index (χ4n) is 5.55. The summed E-state index contributed by atoms with van der Waals surface area (Å²) in [6, 6.07) is 10.4. The Labute approximate surface area is 336 Å². The molecule has 4 aromatic carbocycles. The van der Waals surface area contributed by atoms with E-state index in [0.717, 1.165) is 48.9 Å². The molecule has 0 bridgehead atoms. The smallest absolute Gasteiger partial charge is 0.411 e. The molecule has 318 valence electrons. The zero-order valence-corrected chi connectivity index (χ0v) is 31.2. The fraction of sp³-hybridized carbons (Fsp3) is 0.238. The maximum Gasteiger partial charge on any atom is 0.411 e. The molecule has 0 spiro atoms. The van der Waals surface area contributed by atoms with E-state index in [1.165, 1.54) is 6.07 Å². The fourth-order valence-corrected chi connectivity index (χ4v) is 5.55. The third-order valence-corrected chi connectivity index (χ3v) is 8.48. The van der Waals surface area contributed by atoms with Gasteiger partial charge in [0.1, 0.15) is 34.6 Å². The van der Waals surface area contributed by atoms with Gasteiger partial charge in [0, 0.05) is 24.3 Å². The van der Waals surface area contributed by atoms with Crippen LogP contribution in [0.3, 0.4) is 0 Å². The van der Waals surface area contributed by atoms with Gasteiger partial charge in [0.15, 0.2) is 0 Å². The van der Waals surface area contributed by atoms with Gasteiger partial charge in [0.05, 0.1) is 24.3 Å². The van der Waals surface area contributed by atoms with Gasteiger partial charge in [-0.2, -0.15) is 26.3 Å². The Morgan fingerprint density at radius 2 is 0.917 bits per heavy atom. The van der Waals surface area contributed by atoms with E-state index in [0.29, 0.717) is 67.8 Å². The third-order valence-electron chi connectivity index (χ3n) is 8.48. The van der Waals surface area contributed by atoms with Crippen LogP contribution in [0.5, 0.6) is 23.0 Å². The van der Waals surface area contributed by atoms with Crippen LogP contribution in [-0.4, -0.2) is 56.2 Å². The van der Waals surface area contributed by atoms with Crippen molar-refractivity contribution in [3.05, 3.63) is 144 Å². The van der Waals surface area contributed by atoms with E-state index >= 15 is 0 Å². The zero-order valence-electron chi connectivity index (χ0n) is 31.2. The van der Waals surface area contributed by atoms with Crippen LogP contribution < -0.4 is 18.9 Å². The lowest BCUT2D eigenvalue weighted by Crippen LogP contribution is -2.54. The van der Waals surface area contributed by atoms with E-state index in [4.69, 9.17) is 23.7 Å². The van der Waals surface area contributed by atoms with Crippen LogP contribution in [-0.2, 0) is 24.5 Å². The second-order valence-electron chi connectivity index (χ2n) is 12.4. The molecule has 0 fully saturated rings. The summed E-state index contributed by atoms with van der Waals surface area (Å²) in [6.45, 7) is 6.29. The summed E-state index contributed by atoms with van der Waals surface area (Å²) in [7, 11) is 0. The Hall–Kier alpha value is -6.72. The molecule has 0 aromatic heterocycles. The van der Waals surface area contributed by atoms with Gasteiger partial charge in [-0.25, -0.2) is 28.0 Å². The number of carbonyl (C=O) groups is 4. The highest BCUT2D eigenvalue weighted by Gasteiger charge is 2.72. The molecule has 0 radical (unpaired) electrons. The molecular formula is C42H34F8O10. The van der Waals surface area contributed by atoms with Gasteiger partial charge in [-0.1, -0.05) is 37.4 Å². The number of esters is 4. The SMILES string of the molecule is C=CC(=O)OCCCCCCOc1ccc(C(=O)Oc2ccc(C(c3ccc(OC(=O)c4ccc(OCOC(=O)C=C)cc4F)cc3)(C(F)(F)F)C(F)(F)F)cc2)c(F)c1. The number of ether oxygens (including phenoxy) is 6. The van der Waals surface area contributed by atoms with Gasteiger partial charge in [0.2, 0.25) is 12.2 Å². The molecule has 0 saturated heterocycles. The first-order chi connectivity index (χ1) is 28.4. The molecule has 60 heavy (non-hydrogen) atoms. The summed E-state index contributed by atoms with van der Waals surface area (Å²) in [5, 5.41) is 0. The first kappa shape index (κ1) is 46.0. The molecule has 0 aliphatic rings. The molecule has 0 unspecified atom stereocenters. The average molecular weight is 851 g/mol. The molecule has 0 amide bonds. The van der Waals surface area contributed by atoms with Gasteiger partial charge in [-0.3, -0.25) is 0 Å². The topological polar surface area (TPSA) is 124 Å². The summed E-state index contributed by atoms with van der Waals surface area (Å²) in [4.78, 5) is 47.5. The number of carbonyl (C=O) groups excluding carboxylic acids is 4. The number of alkyl halides is 6. The lowest BCUT2D eigenvalue weighted by Gasteiger charge is -2.38. The minimum absolute atomic E-state index is 0.0767. The summed E-state index contributed by atoms with van der Waals surface area (Å²) in [6.07, 6.45) is -7.48. The molecule has 0 N–H and O–H groups in total. The Balaban J connectivity index is 1.44. The highest BCUT2D eigenvalue weighted by Crippen LogP contribution is 2.56. The van der Waals surface area contributed by atoms with Crippen molar-refractivity contribution in [2.45, 2.75) is 43.5 Å². The summed E-state index contributed by atoms with van der Waals surface area (Å²) < 4.78 is 148. The first-order valence-corrected chi connectivity index (χ1v) is 17.6. The monoisotopic (exact) mass is 850 g/mol. The van der Waals surface area contributed by atoms with Crippen LogP contribution in [0.2, 0.25) is 0 Å². The molecule has 0 saturated carbocycles. The van der Waals surface area contributed by atoms with E-state index in [1.807, 2.05) is 0 Å². The number of halogens is 8. The maximum atomic E-state index is 14.8. The second-order valence-corrected chi connectivity index (χ2v) is 12.4. The average Bonchev–Trinajstić information content (AvgIpc) is 3.19.